The summed E-state index contributed by atoms with van der Waals surface area (Å²) in [5, 5.41) is 0. The number of rotatable bonds is 19. The molecule has 2 rings (SSSR count). The number of halogens is 1. The Hall–Kier alpha value is -3.06. The highest BCUT2D eigenvalue weighted by molar-refractivity contribution is 6.08. The van der Waals surface area contributed by atoms with Gasteiger partial charge in [0.2, 0.25) is 0 Å². The summed E-state index contributed by atoms with van der Waals surface area (Å²) in [6.45, 7) is 2.90. The molecule has 1 aromatic heterocycles. The first kappa shape index (κ1) is 33.0. The third-order valence-electron chi connectivity index (χ3n) is 5.94. The third kappa shape index (κ3) is 12.5. The number of methoxy groups -OCH3 is 2. The molecule has 0 amide bonds. The van der Waals surface area contributed by atoms with Gasteiger partial charge >= 0.3 is 5.97 Å². The fraction of sp³-hybridized carbons (Fsp3) is 0.500. The SMILES string of the molecule is CCOC(=O)CCCCCCCCCCCOc1cc(C=CC(=O)c2ccccc2OC)ncc1OC.Cl. The fourth-order valence-electron chi connectivity index (χ4n) is 3.92. The van der Waals surface area contributed by atoms with Gasteiger partial charge in [-0.25, -0.2) is 0 Å². The first-order valence-electron chi connectivity index (χ1n) is 13.3. The van der Waals surface area contributed by atoms with Crippen molar-refractivity contribution < 1.29 is 28.5 Å². The van der Waals surface area contributed by atoms with Gasteiger partial charge in [0.15, 0.2) is 17.3 Å². The van der Waals surface area contributed by atoms with Gasteiger partial charge in [0.25, 0.3) is 0 Å². The maximum Gasteiger partial charge on any atom is 0.305 e. The topological polar surface area (TPSA) is 84.0 Å². The first-order valence-corrected chi connectivity index (χ1v) is 13.3. The van der Waals surface area contributed by atoms with E-state index < -0.39 is 0 Å². The van der Waals surface area contributed by atoms with E-state index in [9.17, 15) is 9.59 Å². The number of carbonyl (C=O) groups is 2. The quantitative estimate of drug-likeness (QED) is 0.0791. The summed E-state index contributed by atoms with van der Waals surface area (Å²) in [6.07, 6.45) is 15.4. The molecule has 1 heterocycles. The Morgan fingerprint density at radius 1 is 0.842 bits per heavy atom. The predicted octanol–water partition coefficient (Wildman–Crippen LogP) is 7.26. The van der Waals surface area contributed by atoms with Crippen molar-refractivity contribution in [2.24, 2.45) is 0 Å². The Kier molecular flexibility index (Phi) is 17.3. The molecular formula is C30H42ClNO6. The second kappa shape index (κ2) is 20.0. The monoisotopic (exact) mass is 547 g/mol. The largest absolute Gasteiger partial charge is 0.496 e. The van der Waals surface area contributed by atoms with Gasteiger partial charge < -0.3 is 18.9 Å². The highest BCUT2D eigenvalue weighted by Gasteiger charge is 2.10. The number of ether oxygens (including phenoxy) is 4. The number of unbranched alkanes of at least 4 members (excludes halogenated alkanes) is 8. The van der Waals surface area contributed by atoms with Crippen LogP contribution in [-0.4, -0.2) is 44.2 Å². The van der Waals surface area contributed by atoms with Gasteiger partial charge in [-0.1, -0.05) is 57.1 Å². The smallest absolute Gasteiger partial charge is 0.305 e. The first-order chi connectivity index (χ1) is 18.1. The number of para-hydroxylation sites is 1. The van der Waals surface area contributed by atoms with Crippen molar-refractivity contribution >= 4 is 30.2 Å². The minimum atomic E-state index is -0.158. The Labute approximate surface area is 233 Å². The van der Waals surface area contributed by atoms with Crippen LogP contribution in [0.3, 0.4) is 0 Å². The van der Waals surface area contributed by atoms with Gasteiger partial charge in [-0.2, -0.15) is 0 Å². The summed E-state index contributed by atoms with van der Waals surface area (Å²) in [6, 6.07) is 8.91. The van der Waals surface area contributed by atoms with E-state index in [2.05, 4.69) is 4.98 Å². The molecule has 0 saturated heterocycles. The predicted molar refractivity (Wildman–Crippen MR) is 153 cm³/mol. The van der Waals surface area contributed by atoms with Crippen molar-refractivity contribution in [1.82, 2.24) is 4.98 Å². The molecule has 0 aliphatic carbocycles. The molecule has 0 N–H and O–H groups in total. The van der Waals surface area contributed by atoms with Crippen LogP contribution in [0.5, 0.6) is 17.2 Å². The lowest BCUT2D eigenvalue weighted by atomic mass is 10.1. The second-order valence-electron chi connectivity index (χ2n) is 8.74. The van der Waals surface area contributed by atoms with E-state index in [1.807, 2.05) is 13.0 Å². The molecule has 0 spiro atoms. The van der Waals surface area contributed by atoms with Gasteiger partial charge in [-0.05, 0) is 44.1 Å². The lowest BCUT2D eigenvalue weighted by molar-refractivity contribution is -0.143. The van der Waals surface area contributed by atoms with Crippen LogP contribution >= 0.6 is 12.4 Å². The van der Waals surface area contributed by atoms with E-state index in [4.69, 9.17) is 18.9 Å². The van der Waals surface area contributed by atoms with E-state index in [1.54, 1.807) is 50.8 Å². The number of ketones is 1. The molecule has 0 bridgehead atoms. The van der Waals surface area contributed by atoms with E-state index >= 15 is 0 Å². The average Bonchev–Trinajstić information content (AvgIpc) is 2.92. The summed E-state index contributed by atoms with van der Waals surface area (Å²) in [5.74, 6) is 1.48. The van der Waals surface area contributed by atoms with Crippen molar-refractivity contribution in [3.8, 4) is 17.2 Å². The minimum Gasteiger partial charge on any atom is -0.496 e. The lowest BCUT2D eigenvalue weighted by Crippen LogP contribution is -2.03. The van der Waals surface area contributed by atoms with Gasteiger partial charge in [0.05, 0.1) is 44.9 Å². The van der Waals surface area contributed by atoms with Crippen LogP contribution in [-0.2, 0) is 9.53 Å². The molecule has 0 radical (unpaired) electrons. The highest BCUT2D eigenvalue weighted by atomic mass is 35.5. The molecule has 0 atom stereocenters. The molecule has 0 unspecified atom stereocenters. The Balaban J connectivity index is 0.00000722. The molecule has 2 aromatic rings. The summed E-state index contributed by atoms with van der Waals surface area (Å²) < 4.78 is 21.6. The van der Waals surface area contributed by atoms with Gasteiger partial charge in [0.1, 0.15) is 5.75 Å². The molecule has 0 saturated carbocycles. The molecule has 0 aliphatic heterocycles. The molecular weight excluding hydrogens is 506 g/mol. The van der Waals surface area contributed by atoms with Crippen molar-refractivity contribution in [1.29, 1.82) is 0 Å². The van der Waals surface area contributed by atoms with E-state index in [-0.39, 0.29) is 24.2 Å². The van der Waals surface area contributed by atoms with Crippen LogP contribution < -0.4 is 14.2 Å². The molecule has 8 heteroatoms. The minimum absolute atomic E-state index is 0. The van der Waals surface area contributed by atoms with Crippen LogP contribution in [0, 0.1) is 0 Å². The number of aromatic nitrogens is 1. The van der Waals surface area contributed by atoms with Crippen LogP contribution in [0.1, 0.15) is 87.2 Å². The number of allylic oxidation sites excluding steroid dienone is 1. The van der Waals surface area contributed by atoms with Gasteiger partial charge in [0, 0.05) is 12.5 Å². The maximum atomic E-state index is 12.6. The van der Waals surface area contributed by atoms with Crippen LogP contribution in [0.2, 0.25) is 0 Å². The molecule has 0 aliphatic rings. The summed E-state index contributed by atoms with van der Waals surface area (Å²) in [4.78, 5) is 28.2. The number of hydrogen-bond acceptors (Lipinski definition) is 7. The molecule has 7 nitrogen and oxygen atoms in total. The number of benzene rings is 1. The number of nitrogens with zero attached hydrogens (tertiary/aromatic N) is 1. The molecule has 1 aromatic carbocycles. The fourth-order valence-corrected chi connectivity index (χ4v) is 3.92. The normalized spacial score (nSPS) is 10.6. The standard InChI is InChI=1S/C30H41NO6.ClH/c1-4-36-30(33)18-12-10-8-6-5-7-9-11-15-21-37-28-22-24(31-23-29(28)35-3)19-20-26(32)25-16-13-14-17-27(25)34-2;/h13-14,16-17,19-20,22-23H,4-12,15,18,21H2,1-3H3;1H. The summed E-state index contributed by atoms with van der Waals surface area (Å²) in [7, 11) is 3.13. The Morgan fingerprint density at radius 3 is 2.13 bits per heavy atom. The zero-order valence-electron chi connectivity index (χ0n) is 22.9. The van der Waals surface area contributed by atoms with Crippen molar-refractivity contribution in [3.05, 3.63) is 53.9 Å². The van der Waals surface area contributed by atoms with E-state index in [1.165, 1.54) is 38.2 Å². The van der Waals surface area contributed by atoms with Crippen LogP contribution in [0.4, 0.5) is 0 Å². The third-order valence-corrected chi connectivity index (χ3v) is 5.94. The maximum absolute atomic E-state index is 12.6. The molecule has 0 fully saturated rings. The summed E-state index contributed by atoms with van der Waals surface area (Å²) in [5.41, 5.74) is 1.11. The average molecular weight is 548 g/mol. The van der Waals surface area contributed by atoms with Crippen molar-refractivity contribution in [2.45, 2.75) is 71.1 Å². The van der Waals surface area contributed by atoms with Crippen molar-refractivity contribution in [3.63, 3.8) is 0 Å². The molecule has 210 valence electrons. The lowest BCUT2D eigenvalue weighted by Gasteiger charge is -2.11. The molecule has 38 heavy (non-hydrogen) atoms. The number of carbonyl (C=O) groups excluding carboxylic acids is 2. The zero-order valence-corrected chi connectivity index (χ0v) is 23.7. The number of pyridine rings is 1. The van der Waals surface area contributed by atoms with E-state index in [0.29, 0.717) is 48.1 Å². The number of esters is 1. The van der Waals surface area contributed by atoms with Crippen LogP contribution in [0.15, 0.2) is 42.6 Å². The summed E-state index contributed by atoms with van der Waals surface area (Å²) >= 11 is 0. The highest BCUT2D eigenvalue weighted by Crippen LogP contribution is 2.27. The second-order valence-corrected chi connectivity index (χ2v) is 8.74. The van der Waals surface area contributed by atoms with E-state index in [0.717, 1.165) is 25.7 Å². The van der Waals surface area contributed by atoms with Gasteiger partial charge in [-0.15, -0.1) is 12.4 Å². The van der Waals surface area contributed by atoms with Gasteiger partial charge in [-0.3, -0.25) is 14.6 Å². The van der Waals surface area contributed by atoms with Crippen LogP contribution in [0.25, 0.3) is 6.08 Å². The Morgan fingerprint density at radius 2 is 1.47 bits per heavy atom. The Bertz CT molecular complexity index is 994. The number of hydrogen-bond donors (Lipinski definition) is 0. The zero-order chi connectivity index (χ0) is 26.7. The van der Waals surface area contributed by atoms with Crippen molar-refractivity contribution in [2.75, 3.05) is 27.4 Å².